The molecular weight excluding hydrogens is 174 g/mol. The Morgan fingerprint density at radius 1 is 1.07 bits per heavy atom. The molecule has 0 aromatic rings. The van der Waals surface area contributed by atoms with E-state index < -0.39 is 0 Å². The van der Waals surface area contributed by atoms with Crippen LogP contribution in [0.15, 0.2) is 0 Å². The molecule has 1 aliphatic carbocycles. The van der Waals surface area contributed by atoms with Crippen molar-refractivity contribution < 1.29 is 5.11 Å². The molecule has 0 spiro atoms. The third-order valence-corrected chi connectivity index (χ3v) is 4.08. The summed E-state index contributed by atoms with van der Waals surface area (Å²) in [4.78, 5) is 0. The van der Waals surface area contributed by atoms with E-state index in [2.05, 4.69) is 5.32 Å². The molecule has 2 aliphatic rings. The van der Waals surface area contributed by atoms with E-state index in [1.165, 1.54) is 44.9 Å². The van der Waals surface area contributed by atoms with Crippen LogP contribution in [0.3, 0.4) is 0 Å². The van der Waals surface area contributed by atoms with Crippen molar-refractivity contribution in [1.82, 2.24) is 5.32 Å². The maximum Gasteiger partial charge on any atom is 0.0476 e. The molecule has 2 rings (SSSR count). The lowest BCUT2D eigenvalue weighted by Gasteiger charge is -2.33. The van der Waals surface area contributed by atoms with E-state index in [1.54, 1.807) is 0 Å². The molecule has 0 aromatic carbocycles. The second-order valence-corrected chi connectivity index (χ2v) is 4.95. The van der Waals surface area contributed by atoms with Crippen LogP contribution < -0.4 is 5.32 Å². The van der Waals surface area contributed by atoms with E-state index in [9.17, 15) is 5.11 Å². The first-order chi connectivity index (χ1) is 6.92. The number of aliphatic hydroxyl groups excluding tert-OH is 1. The minimum atomic E-state index is 0.391. The molecular formula is C12H23NO. The third-order valence-electron chi connectivity index (χ3n) is 4.08. The smallest absolute Gasteiger partial charge is 0.0476 e. The lowest BCUT2D eigenvalue weighted by Crippen LogP contribution is -2.44. The summed E-state index contributed by atoms with van der Waals surface area (Å²) in [6, 6.07) is 0.608. The fourth-order valence-corrected chi connectivity index (χ4v) is 3.23. The number of nitrogens with one attached hydrogen (secondary N) is 1. The number of hydrogen-bond donors (Lipinski definition) is 2. The maximum absolute atomic E-state index is 9.50. The van der Waals surface area contributed by atoms with Gasteiger partial charge < -0.3 is 10.4 Å². The van der Waals surface area contributed by atoms with E-state index >= 15 is 0 Å². The highest BCUT2D eigenvalue weighted by molar-refractivity contribution is 4.86. The molecule has 2 atom stereocenters. The third kappa shape index (κ3) is 2.29. The Morgan fingerprint density at radius 2 is 1.79 bits per heavy atom. The van der Waals surface area contributed by atoms with Gasteiger partial charge in [-0.15, -0.1) is 0 Å². The van der Waals surface area contributed by atoms with E-state index in [0.29, 0.717) is 18.6 Å². The first-order valence-electron chi connectivity index (χ1n) is 6.26. The quantitative estimate of drug-likeness (QED) is 0.724. The molecule has 0 amide bonds. The van der Waals surface area contributed by atoms with Gasteiger partial charge in [0, 0.05) is 18.6 Å². The molecule has 0 aromatic heterocycles. The SMILES string of the molecule is OCC(C1CCCC1)C1CCCCN1. The van der Waals surface area contributed by atoms with Gasteiger partial charge in [-0.05, 0) is 25.3 Å². The average molecular weight is 197 g/mol. The molecule has 2 unspecified atom stereocenters. The highest BCUT2D eigenvalue weighted by atomic mass is 16.3. The lowest BCUT2D eigenvalue weighted by atomic mass is 9.82. The lowest BCUT2D eigenvalue weighted by molar-refractivity contribution is 0.125. The summed E-state index contributed by atoms with van der Waals surface area (Å²) in [5.41, 5.74) is 0. The fraction of sp³-hybridized carbons (Fsp3) is 1.00. The molecule has 2 nitrogen and oxygen atoms in total. The zero-order chi connectivity index (χ0) is 9.80. The Bertz CT molecular complexity index is 160. The highest BCUT2D eigenvalue weighted by Crippen LogP contribution is 2.34. The van der Waals surface area contributed by atoms with Crippen molar-refractivity contribution >= 4 is 0 Å². The molecule has 1 saturated heterocycles. The van der Waals surface area contributed by atoms with Crippen molar-refractivity contribution in [3.8, 4) is 0 Å². The molecule has 82 valence electrons. The van der Waals surface area contributed by atoms with E-state index in [1.807, 2.05) is 0 Å². The van der Waals surface area contributed by atoms with Gasteiger partial charge in [-0.25, -0.2) is 0 Å². The van der Waals surface area contributed by atoms with E-state index in [4.69, 9.17) is 0 Å². The predicted octanol–water partition coefficient (Wildman–Crippen LogP) is 1.93. The van der Waals surface area contributed by atoms with Crippen LogP contribution >= 0.6 is 0 Å². The van der Waals surface area contributed by atoms with Crippen LogP contribution in [0.25, 0.3) is 0 Å². The van der Waals surface area contributed by atoms with Crippen molar-refractivity contribution in [3.63, 3.8) is 0 Å². The van der Waals surface area contributed by atoms with Gasteiger partial charge in [-0.2, -0.15) is 0 Å². The maximum atomic E-state index is 9.50. The summed E-state index contributed by atoms with van der Waals surface area (Å²) >= 11 is 0. The summed E-state index contributed by atoms with van der Waals surface area (Å²) in [7, 11) is 0. The van der Waals surface area contributed by atoms with Crippen molar-refractivity contribution in [3.05, 3.63) is 0 Å². The largest absolute Gasteiger partial charge is 0.396 e. The fourth-order valence-electron chi connectivity index (χ4n) is 3.23. The Morgan fingerprint density at radius 3 is 2.36 bits per heavy atom. The normalized spacial score (nSPS) is 31.9. The van der Waals surface area contributed by atoms with Crippen LogP contribution in [0.5, 0.6) is 0 Å². The van der Waals surface area contributed by atoms with E-state index in [0.717, 1.165) is 12.5 Å². The van der Waals surface area contributed by atoms with Gasteiger partial charge in [0.1, 0.15) is 0 Å². The van der Waals surface area contributed by atoms with Crippen LogP contribution in [0, 0.1) is 11.8 Å². The molecule has 0 radical (unpaired) electrons. The van der Waals surface area contributed by atoms with Crippen molar-refractivity contribution in [2.24, 2.45) is 11.8 Å². The summed E-state index contributed by atoms with van der Waals surface area (Å²) in [6.45, 7) is 1.55. The molecule has 1 heterocycles. The number of piperidine rings is 1. The van der Waals surface area contributed by atoms with Crippen molar-refractivity contribution in [2.75, 3.05) is 13.2 Å². The second-order valence-electron chi connectivity index (χ2n) is 4.95. The molecule has 2 heteroatoms. The van der Waals surface area contributed by atoms with Crippen molar-refractivity contribution in [2.45, 2.75) is 51.0 Å². The summed E-state index contributed by atoms with van der Waals surface area (Å²) in [5.74, 6) is 1.34. The topological polar surface area (TPSA) is 32.3 Å². The molecule has 14 heavy (non-hydrogen) atoms. The predicted molar refractivity (Wildman–Crippen MR) is 58.2 cm³/mol. The first-order valence-corrected chi connectivity index (χ1v) is 6.26. The number of rotatable bonds is 3. The molecule has 0 bridgehead atoms. The second kappa shape index (κ2) is 5.13. The number of hydrogen-bond acceptors (Lipinski definition) is 2. The van der Waals surface area contributed by atoms with Crippen LogP contribution in [-0.2, 0) is 0 Å². The van der Waals surface area contributed by atoms with Gasteiger partial charge in [0.15, 0.2) is 0 Å². The first kappa shape index (κ1) is 10.4. The van der Waals surface area contributed by atoms with Crippen LogP contribution in [-0.4, -0.2) is 24.3 Å². The van der Waals surface area contributed by atoms with Crippen molar-refractivity contribution in [1.29, 1.82) is 0 Å². The minimum Gasteiger partial charge on any atom is -0.396 e. The van der Waals surface area contributed by atoms with Gasteiger partial charge in [0.05, 0.1) is 0 Å². The summed E-state index contributed by atoms with van der Waals surface area (Å²) in [5, 5.41) is 13.1. The summed E-state index contributed by atoms with van der Waals surface area (Å²) < 4.78 is 0. The van der Waals surface area contributed by atoms with Gasteiger partial charge in [-0.3, -0.25) is 0 Å². The summed E-state index contributed by atoms with van der Waals surface area (Å²) in [6.07, 6.45) is 9.41. The minimum absolute atomic E-state index is 0.391. The Kier molecular flexibility index (Phi) is 3.82. The Hall–Kier alpha value is -0.0800. The standard InChI is InChI=1S/C12H23NO/c14-9-11(10-5-1-2-6-10)12-7-3-4-8-13-12/h10-14H,1-9H2. The van der Waals surface area contributed by atoms with Gasteiger partial charge in [-0.1, -0.05) is 32.1 Å². The van der Waals surface area contributed by atoms with E-state index in [-0.39, 0.29) is 0 Å². The van der Waals surface area contributed by atoms with Gasteiger partial charge in [0.25, 0.3) is 0 Å². The molecule has 2 N–H and O–H groups in total. The van der Waals surface area contributed by atoms with Crippen LogP contribution in [0.4, 0.5) is 0 Å². The van der Waals surface area contributed by atoms with Gasteiger partial charge >= 0.3 is 0 Å². The zero-order valence-corrected chi connectivity index (χ0v) is 9.04. The van der Waals surface area contributed by atoms with Crippen LogP contribution in [0.1, 0.15) is 44.9 Å². The van der Waals surface area contributed by atoms with Crippen LogP contribution in [0.2, 0.25) is 0 Å². The zero-order valence-electron chi connectivity index (χ0n) is 9.04. The molecule has 1 saturated carbocycles. The average Bonchev–Trinajstić information content (AvgIpc) is 2.74. The Labute approximate surface area is 87.1 Å². The Balaban J connectivity index is 1.89. The monoisotopic (exact) mass is 197 g/mol. The number of aliphatic hydroxyl groups is 1. The van der Waals surface area contributed by atoms with Gasteiger partial charge in [0.2, 0.25) is 0 Å². The highest BCUT2D eigenvalue weighted by Gasteiger charge is 2.31. The molecule has 2 fully saturated rings. The molecule has 1 aliphatic heterocycles.